The summed E-state index contributed by atoms with van der Waals surface area (Å²) in [7, 11) is 1.71. The van der Waals surface area contributed by atoms with Crippen LogP contribution in [-0.4, -0.2) is 18.1 Å². The molecule has 1 unspecified atom stereocenters. The zero-order valence-electron chi connectivity index (χ0n) is 12.1. The summed E-state index contributed by atoms with van der Waals surface area (Å²) < 4.78 is 7.37. The number of hydrogen-bond donors (Lipinski definition) is 1. The molecule has 3 nitrogen and oxygen atoms in total. The third kappa shape index (κ3) is 4.80. The highest BCUT2D eigenvalue weighted by atomic mass is 79.9. The molecule has 2 rings (SSSR count). The quantitative estimate of drug-likeness (QED) is 0.764. The fraction of sp³-hybridized carbons (Fsp3) is 0.312. The number of ether oxygens (including phenoxy) is 1. The van der Waals surface area contributed by atoms with Gasteiger partial charge in [0.2, 0.25) is 0 Å². The van der Waals surface area contributed by atoms with E-state index in [0.29, 0.717) is 6.04 Å². The van der Waals surface area contributed by atoms with Gasteiger partial charge in [-0.25, -0.2) is 0 Å². The smallest absolute Gasteiger partial charge is 0.122 e. The van der Waals surface area contributed by atoms with Crippen LogP contribution in [0.5, 0.6) is 5.75 Å². The molecule has 1 atom stereocenters. The number of benzene rings is 1. The Bertz CT molecular complexity index is 605. The summed E-state index contributed by atoms with van der Waals surface area (Å²) in [6, 6.07) is 10.5. The first-order chi connectivity index (χ1) is 10.1. The summed E-state index contributed by atoms with van der Waals surface area (Å²) in [5.41, 5.74) is 2.22. The van der Waals surface area contributed by atoms with Gasteiger partial charge in [-0.15, -0.1) is 0 Å². The number of nitrogens with zero attached hydrogens (tertiary/aromatic N) is 1. The van der Waals surface area contributed by atoms with E-state index in [4.69, 9.17) is 4.74 Å². The summed E-state index contributed by atoms with van der Waals surface area (Å²) in [5, 5.41) is 3.50. The van der Waals surface area contributed by atoms with E-state index < -0.39 is 0 Å². The van der Waals surface area contributed by atoms with Crippen molar-refractivity contribution in [2.45, 2.75) is 25.9 Å². The first-order valence-electron chi connectivity index (χ1n) is 6.75. The fourth-order valence-electron chi connectivity index (χ4n) is 2.12. The van der Waals surface area contributed by atoms with Gasteiger partial charge in [-0.2, -0.15) is 0 Å². The lowest BCUT2D eigenvalue weighted by Gasteiger charge is -2.16. The molecule has 0 bridgehead atoms. The first kappa shape index (κ1) is 16.5. The Hall–Kier alpha value is -0.910. The van der Waals surface area contributed by atoms with E-state index in [1.807, 2.05) is 30.5 Å². The number of aromatic nitrogens is 1. The van der Waals surface area contributed by atoms with Gasteiger partial charge >= 0.3 is 0 Å². The van der Waals surface area contributed by atoms with Crippen LogP contribution in [0, 0.1) is 0 Å². The average Bonchev–Trinajstić information content (AvgIpc) is 2.47. The Kier molecular flexibility index (Phi) is 6.21. The Morgan fingerprint density at radius 3 is 2.76 bits per heavy atom. The second-order valence-electron chi connectivity index (χ2n) is 4.88. The van der Waals surface area contributed by atoms with Crippen LogP contribution in [0.1, 0.15) is 18.2 Å². The molecule has 112 valence electrons. The number of pyridine rings is 1. The minimum absolute atomic E-state index is 0.332. The molecule has 1 N–H and O–H groups in total. The molecule has 0 saturated carbocycles. The Morgan fingerprint density at radius 2 is 2.05 bits per heavy atom. The van der Waals surface area contributed by atoms with E-state index in [2.05, 4.69) is 55.2 Å². The van der Waals surface area contributed by atoms with E-state index in [9.17, 15) is 0 Å². The lowest BCUT2D eigenvalue weighted by Crippen LogP contribution is -2.28. The molecule has 0 spiro atoms. The van der Waals surface area contributed by atoms with Crippen LogP contribution in [0.2, 0.25) is 0 Å². The molecule has 1 aromatic carbocycles. The van der Waals surface area contributed by atoms with Crippen molar-refractivity contribution in [1.82, 2.24) is 10.3 Å². The van der Waals surface area contributed by atoms with Gasteiger partial charge in [0, 0.05) is 27.7 Å². The molecule has 0 radical (unpaired) electrons. The summed E-state index contributed by atoms with van der Waals surface area (Å²) in [5.74, 6) is 0.939. The van der Waals surface area contributed by atoms with Crippen molar-refractivity contribution in [2.24, 2.45) is 0 Å². The minimum atomic E-state index is 0.332. The van der Waals surface area contributed by atoms with Gasteiger partial charge in [-0.3, -0.25) is 4.98 Å². The monoisotopic (exact) mass is 412 g/mol. The molecule has 0 aliphatic rings. The van der Waals surface area contributed by atoms with Crippen LogP contribution in [0.25, 0.3) is 0 Å². The first-order valence-corrected chi connectivity index (χ1v) is 8.34. The lowest BCUT2D eigenvalue weighted by atomic mass is 10.1. The molecule has 5 heteroatoms. The molecule has 0 amide bonds. The molecule has 1 aromatic heterocycles. The molecule has 2 aromatic rings. The molecule has 0 fully saturated rings. The summed E-state index contributed by atoms with van der Waals surface area (Å²) >= 11 is 6.94. The topological polar surface area (TPSA) is 34.1 Å². The predicted molar refractivity (Wildman–Crippen MR) is 92.6 cm³/mol. The van der Waals surface area contributed by atoms with E-state index in [-0.39, 0.29) is 0 Å². The largest absolute Gasteiger partial charge is 0.496 e. The number of hydrogen-bond acceptors (Lipinski definition) is 3. The number of halogens is 2. The van der Waals surface area contributed by atoms with Crippen LogP contribution in [0.4, 0.5) is 0 Å². The van der Waals surface area contributed by atoms with E-state index in [1.165, 1.54) is 5.56 Å². The molecule has 0 aliphatic heterocycles. The third-order valence-electron chi connectivity index (χ3n) is 3.22. The van der Waals surface area contributed by atoms with Gasteiger partial charge in [0.15, 0.2) is 0 Å². The van der Waals surface area contributed by atoms with Crippen LogP contribution in [0.15, 0.2) is 45.5 Å². The molecule has 0 aliphatic carbocycles. The highest BCUT2D eigenvalue weighted by Gasteiger charge is 2.09. The van der Waals surface area contributed by atoms with Crippen LogP contribution >= 0.6 is 31.9 Å². The molecule has 21 heavy (non-hydrogen) atoms. The summed E-state index contributed by atoms with van der Waals surface area (Å²) in [4.78, 5) is 4.41. The fourth-order valence-corrected chi connectivity index (χ4v) is 3.25. The molecular weight excluding hydrogens is 396 g/mol. The Labute approximate surface area is 142 Å². The van der Waals surface area contributed by atoms with Crippen LogP contribution in [0.3, 0.4) is 0 Å². The van der Waals surface area contributed by atoms with E-state index in [0.717, 1.165) is 33.4 Å². The number of para-hydroxylation sites is 1. The van der Waals surface area contributed by atoms with Crippen molar-refractivity contribution in [3.63, 3.8) is 0 Å². The second kappa shape index (κ2) is 7.92. The zero-order chi connectivity index (χ0) is 15.2. The number of rotatable bonds is 6. The Balaban J connectivity index is 1.94. The molecule has 1 heterocycles. The highest BCUT2D eigenvalue weighted by molar-refractivity contribution is 9.11. The van der Waals surface area contributed by atoms with Crippen molar-refractivity contribution >= 4 is 31.9 Å². The maximum absolute atomic E-state index is 5.39. The maximum atomic E-state index is 5.39. The Morgan fingerprint density at radius 1 is 1.29 bits per heavy atom. The van der Waals surface area contributed by atoms with Crippen molar-refractivity contribution in [3.05, 3.63) is 56.7 Å². The minimum Gasteiger partial charge on any atom is -0.496 e. The van der Waals surface area contributed by atoms with Gasteiger partial charge in [0.1, 0.15) is 5.75 Å². The zero-order valence-corrected chi connectivity index (χ0v) is 15.2. The summed E-state index contributed by atoms with van der Waals surface area (Å²) in [6.45, 7) is 2.89. The van der Waals surface area contributed by atoms with Gasteiger partial charge in [0.05, 0.1) is 12.8 Å². The van der Waals surface area contributed by atoms with Gasteiger partial charge in [-0.05, 0) is 62.9 Å². The van der Waals surface area contributed by atoms with Gasteiger partial charge in [-0.1, -0.05) is 18.2 Å². The van der Waals surface area contributed by atoms with Crippen molar-refractivity contribution in [2.75, 3.05) is 7.11 Å². The number of methoxy groups -OCH3 is 1. The van der Waals surface area contributed by atoms with Crippen molar-refractivity contribution in [3.8, 4) is 5.75 Å². The van der Waals surface area contributed by atoms with Crippen molar-refractivity contribution in [1.29, 1.82) is 0 Å². The van der Waals surface area contributed by atoms with E-state index in [1.54, 1.807) is 7.11 Å². The van der Waals surface area contributed by atoms with Crippen molar-refractivity contribution < 1.29 is 4.74 Å². The lowest BCUT2D eigenvalue weighted by molar-refractivity contribution is 0.406. The second-order valence-corrected chi connectivity index (χ2v) is 6.65. The molecular formula is C16H18Br2N2O. The SMILES string of the molecule is COc1ccccc1CC(C)NCc1ncc(Br)cc1Br. The van der Waals surface area contributed by atoms with Gasteiger partial charge < -0.3 is 10.1 Å². The van der Waals surface area contributed by atoms with E-state index >= 15 is 0 Å². The third-order valence-corrected chi connectivity index (χ3v) is 4.34. The van der Waals surface area contributed by atoms with Crippen LogP contribution in [-0.2, 0) is 13.0 Å². The van der Waals surface area contributed by atoms with Crippen LogP contribution < -0.4 is 10.1 Å². The summed E-state index contributed by atoms with van der Waals surface area (Å²) in [6.07, 6.45) is 2.73. The number of nitrogens with one attached hydrogen (secondary N) is 1. The maximum Gasteiger partial charge on any atom is 0.122 e. The average molecular weight is 414 g/mol. The van der Waals surface area contributed by atoms with Gasteiger partial charge in [0.25, 0.3) is 0 Å². The highest BCUT2D eigenvalue weighted by Crippen LogP contribution is 2.21. The normalized spacial score (nSPS) is 12.2. The standard InChI is InChI=1S/C16H18Br2N2O/c1-11(7-12-5-3-4-6-16(12)21-2)19-10-15-14(18)8-13(17)9-20-15/h3-6,8-9,11,19H,7,10H2,1-2H3. The predicted octanol–water partition coefficient (Wildman–Crippen LogP) is 4.34. The molecule has 0 saturated heterocycles.